The van der Waals surface area contributed by atoms with E-state index >= 15 is 0 Å². The zero-order valence-corrected chi connectivity index (χ0v) is 10.6. The lowest BCUT2D eigenvalue weighted by atomic mass is 10.1. The van der Waals surface area contributed by atoms with Crippen LogP contribution >= 0.6 is 0 Å². The molecule has 0 amide bonds. The van der Waals surface area contributed by atoms with Gasteiger partial charge in [0.25, 0.3) is 0 Å². The van der Waals surface area contributed by atoms with Crippen molar-refractivity contribution in [1.82, 2.24) is 0 Å². The number of ether oxygens (including phenoxy) is 2. The Morgan fingerprint density at radius 2 is 1.81 bits per heavy atom. The van der Waals surface area contributed by atoms with Gasteiger partial charge in [-0.2, -0.15) is 0 Å². The second-order valence-corrected chi connectivity index (χ2v) is 4.16. The Bertz CT molecular complexity index is 181. The van der Waals surface area contributed by atoms with Gasteiger partial charge in [-0.15, -0.1) is 0 Å². The topological polar surface area (TPSA) is 55.8 Å². The van der Waals surface area contributed by atoms with E-state index in [-0.39, 0.29) is 0 Å². The minimum Gasteiger partial charge on any atom is -0.450 e. The summed E-state index contributed by atoms with van der Waals surface area (Å²) in [6, 6.07) is 0. The molecule has 0 aromatic carbocycles. The van der Waals surface area contributed by atoms with E-state index in [0.29, 0.717) is 13.0 Å². The second kappa shape index (κ2) is 8.39. The molecular formula is C12H24O4. The Labute approximate surface area is 97.9 Å². The molecule has 1 unspecified atom stereocenters. The number of rotatable bonds is 9. The van der Waals surface area contributed by atoms with Crippen LogP contribution in [-0.4, -0.2) is 23.7 Å². The highest BCUT2D eigenvalue weighted by atomic mass is 16.8. The minimum absolute atomic E-state index is 0.548. The van der Waals surface area contributed by atoms with Gasteiger partial charge in [-0.1, -0.05) is 33.1 Å². The summed E-state index contributed by atoms with van der Waals surface area (Å²) in [4.78, 5) is 10.6. The van der Waals surface area contributed by atoms with Gasteiger partial charge >= 0.3 is 6.16 Å². The highest BCUT2D eigenvalue weighted by Crippen LogP contribution is 2.21. The van der Waals surface area contributed by atoms with E-state index < -0.39 is 11.9 Å². The summed E-state index contributed by atoms with van der Waals surface area (Å²) in [5, 5.41) is 8.66. The lowest BCUT2D eigenvalue weighted by Gasteiger charge is -2.28. The van der Waals surface area contributed by atoms with E-state index in [1.807, 2.05) is 0 Å². The maximum Gasteiger partial charge on any atom is 0.508 e. The minimum atomic E-state index is -1.27. The van der Waals surface area contributed by atoms with Gasteiger partial charge in [0, 0.05) is 13.3 Å². The van der Waals surface area contributed by atoms with Gasteiger partial charge in [0.2, 0.25) is 5.79 Å². The van der Waals surface area contributed by atoms with Crippen molar-refractivity contribution in [1.29, 1.82) is 0 Å². The van der Waals surface area contributed by atoms with E-state index in [9.17, 15) is 4.79 Å². The van der Waals surface area contributed by atoms with Gasteiger partial charge in [-0.25, -0.2) is 4.79 Å². The van der Waals surface area contributed by atoms with Crippen molar-refractivity contribution in [2.45, 2.75) is 65.1 Å². The summed E-state index contributed by atoms with van der Waals surface area (Å²) >= 11 is 0. The Hall–Kier alpha value is -0.770. The monoisotopic (exact) mass is 232 g/mol. The normalized spacial score (nSPS) is 14.4. The lowest BCUT2D eigenvalue weighted by molar-refractivity contribution is -0.203. The molecule has 4 heteroatoms. The quantitative estimate of drug-likeness (QED) is 0.373. The Kier molecular flexibility index (Phi) is 7.99. The molecule has 0 aliphatic heterocycles. The SMILES string of the molecule is CCCCCC(C)(OCCCC)OC(=O)O. The molecule has 0 aromatic heterocycles. The van der Waals surface area contributed by atoms with Crippen molar-refractivity contribution in [3.63, 3.8) is 0 Å². The van der Waals surface area contributed by atoms with E-state index in [4.69, 9.17) is 14.6 Å². The molecule has 0 fully saturated rings. The second-order valence-electron chi connectivity index (χ2n) is 4.16. The third-order valence-corrected chi connectivity index (χ3v) is 2.44. The molecule has 0 rings (SSSR count). The summed E-state index contributed by atoms with van der Waals surface area (Å²) in [6.45, 7) is 6.42. The number of hydrogen-bond acceptors (Lipinski definition) is 3. The zero-order chi connectivity index (χ0) is 12.4. The first-order valence-corrected chi connectivity index (χ1v) is 6.10. The van der Waals surface area contributed by atoms with Gasteiger partial charge in [-0.3, -0.25) is 0 Å². The Morgan fingerprint density at radius 3 is 2.31 bits per heavy atom. The molecule has 0 aliphatic carbocycles. The van der Waals surface area contributed by atoms with Crippen LogP contribution in [-0.2, 0) is 9.47 Å². The standard InChI is InChI=1S/C12H24O4/c1-4-6-8-9-12(3,16-11(13)14)15-10-7-5-2/h4-10H2,1-3H3,(H,13,14). The molecule has 0 saturated carbocycles. The summed E-state index contributed by atoms with van der Waals surface area (Å²) in [7, 11) is 0. The predicted octanol–water partition coefficient (Wildman–Crippen LogP) is 3.79. The van der Waals surface area contributed by atoms with Crippen LogP contribution in [0.5, 0.6) is 0 Å². The van der Waals surface area contributed by atoms with Crippen molar-refractivity contribution in [3.05, 3.63) is 0 Å². The molecule has 0 aliphatic rings. The van der Waals surface area contributed by atoms with Crippen LogP contribution in [0.4, 0.5) is 4.79 Å². The summed E-state index contributed by atoms with van der Waals surface area (Å²) < 4.78 is 10.3. The van der Waals surface area contributed by atoms with Gasteiger partial charge in [0.05, 0.1) is 6.61 Å². The lowest BCUT2D eigenvalue weighted by Crippen LogP contribution is -2.35. The van der Waals surface area contributed by atoms with Crippen molar-refractivity contribution in [3.8, 4) is 0 Å². The molecule has 1 atom stereocenters. The van der Waals surface area contributed by atoms with E-state index in [1.54, 1.807) is 6.92 Å². The summed E-state index contributed by atoms with van der Waals surface area (Å²) in [5.74, 6) is -0.976. The maximum absolute atomic E-state index is 10.6. The highest BCUT2D eigenvalue weighted by molar-refractivity contribution is 5.57. The third-order valence-electron chi connectivity index (χ3n) is 2.44. The molecule has 0 heterocycles. The largest absolute Gasteiger partial charge is 0.508 e. The van der Waals surface area contributed by atoms with Crippen molar-refractivity contribution >= 4 is 6.16 Å². The molecule has 1 N–H and O–H groups in total. The van der Waals surface area contributed by atoms with Crippen molar-refractivity contribution in [2.75, 3.05) is 6.61 Å². The first-order valence-electron chi connectivity index (χ1n) is 6.10. The molecule has 0 radical (unpaired) electrons. The number of carboxylic acid groups (broad SMARTS) is 1. The number of hydrogen-bond donors (Lipinski definition) is 1. The fraction of sp³-hybridized carbons (Fsp3) is 0.917. The van der Waals surface area contributed by atoms with Crippen LogP contribution in [0.2, 0.25) is 0 Å². The molecule has 16 heavy (non-hydrogen) atoms. The number of carbonyl (C=O) groups is 1. The van der Waals surface area contributed by atoms with Crippen molar-refractivity contribution < 1.29 is 19.4 Å². The van der Waals surface area contributed by atoms with Crippen LogP contribution in [0, 0.1) is 0 Å². The molecular weight excluding hydrogens is 208 g/mol. The summed E-state index contributed by atoms with van der Waals surface area (Å²) in [5.41, 5.74) is 0. The molecule has 96 valence electrons. The van der Waals surface area contributed by atoms with Gasteiger partial charge in [-0.05, 0) is 12.8 Å². The molecule has 4 nitrogen and oxygen atoms in total. The fourth-order valence-electron chi connectivity index (χ4n) is 1.47. The van der Waals surface area contributed by atoms with E-state index in [2.05, 4.69) is 13.8 Å². The maximum atomic E-state index is 10.6. The van der Waals surface area contributed by atoms with Crippen LogP contribution < -0.4 is 0 Å². The van der Waals surface area contributed by atoms with Crippen LogP contribution in [0.3, 0.4) is 0 Å². The Balaban J connectivity index is 4.07. The van der Waals surface area contributed by atoms with Gasteiger partial charge < -0.3 is 14.6 Å². The first kappa shape index (κ1) is 15.2. The van der Waals surface area contributed by atoms with Gasteiger partial charge in [0.1, 0.15) is 0 Å². The van der Waals surface area contributed by atoms with E-state index in [0.717, 1.165) is 32.1 Å². The van der Waals surface area contributed by atoms with Crippen LogP contribution in [0.1, 0.15) is 59.3 Å². The molecule has 0 spiro atoms. The highest BCUT2D eigenvalue weighted by Gasteiger charge is 2.28. The average Bonchev–Trinajstić information content (AvgIpc) is 2.17. The third kappa shape index (κ3) is 7.51. The average molecular weight is 232 g/mol. The van der Waals surface area contributed by atoms with Crippen LogP contribution in [0.25, 0.3) is 0 Å². The molecule has 0 aromatic rings. The fourth-order valence-corrected chi connectivity index (χ4v) is 1.47. The van der Waals surface area contributed by atoms with Crippen molar-refractivity contribution in [2.24, 2.45) is 0 Å². The number of unbranched alkanes of at least 4 members (excludes halogenated alkanes) is 3. The zero-order valence-electron chi connectivity index (χ0n) is 10.6. The smallest absolute Gasteiger partial charge is 0.450 e. The summed E-state index contributed by atoms with van der Waals surface area (Å²) in [6.07, 6.45) is 4.39. The predicted molar refractivity (Wildman–Crippen MR) is 62.5 cm³/mol. The van der Waals surface area contributed by atoms with Gasteiger partial charge in [0.15, 0.2) is 0 Å². The van der Waals surface area contributed by atoms with Crippen LogP contribution in [0.15, 0.2) is 0 Å². The Morgan fingerprint density at radius 1 is 1.19 bits per heavy atom. The first-order chi connectivity index (χ1) is 7.54. The molecule has 0 bridgehead atoms. The van der Waals surface area contributed by atoms with E-state index in [1.165, 1.54) is 0 Å². The molecule has 0 saturated heterocycles.